The third-order valence-electron chi connectivity index (χ3n) is 7.36. The molecule has 3 aromatic rings. The van der Waals surface area contributed by atoms with Crippen LogP contribution in [0.1, 0.15) is 11.6 Å². The lowest BCUT2D eigenvalue weighted by atomic mass is 9.91. The summed E-state index contributed by atoms with van der Waals surface area (Å²) in [5, 5.41) is 49.2. The first kappa shape index (κ1) is 31.0. The molecule has 2 saturated heterocycles. The molecular formula is C27H25BrF3N5O7. The van der Waals surface area contributed by atoms with Crippen LogP contribution in [0.15, 0.2) is 41.0 Å². The van der Waals surface area contributed by atoms with Gasteiger partial charge in [-0.3, -0.25) is 4.79 Å². The first-order valence-corrected chi connectivity index (χ1v) is 13.7. The molecule has 2 aromatic carbocycles. The summed E-state index contributed by atoms with van der Waals surface area (Å²) < 4.78 is 59.8. The van der Waals surface area contributed by atoms with Crippen LogP contribution < -0.4 is 4.90 Å². The smallest absolute Gasteiger partial charge is 0.259 e. The molecule has 5 unspecified atom stereocenters. The zero-order chi connectivity index (χ0) is 31.0. The quantitative estimate of drug-likeness (QED) is 0.315. The van der Waals surface area contributed by atoms with Crippen LogP contribution in [0.5, 0.6) is 0 Å². The van der Waals surface area contributed by atoms with Gasteiger partial charge in [0.15, 0.2) is 23.6 Å². The Bertz CT molecular complexity index is 1530. The predicted molar refractivity (Wildman–Crippen MR) is 144 cm³/mol. The number of carbonyl (C=O) groups excluding carboxylic acids is 1. The number of hydrogen-bond acceptors (Lipinski definition) is 10. The molecule has 2 fully saturated rings. The van der Waals surface area contributed by atoms with Crippen molar-refractivity contribution in [3.05, 3.63) is 64.0 Å². The van der Waals surface area contributed by atoms with Gasteiger partial charge in [-0.2, -0.15) is 5.26 Å². The van der Waals surface area contributed by atoms with Crippen molar-refractivity contribution < 1.29 is 47.5 Å². The van der Waals surface area contributed by atoms with Crippen LogP contribution in [0.3, 0.4) is 0 Å². The van der Waals surface area contributed by atoms with E-state index in [0.717, 1.165) is 16.8 Å². The zero-order valence-corrected chi connectivity index (χ0v) is 23.9. The fourth-order valence-electron chi connectivity index (χ4n) is 5.29. The monoisotopic (exact) mass is 667 g/mol. The number of halogens is 4. The number of methoxy groups -OCH3 is 1. The second-order valence-corrected chi connectivity index (χ2v) is 10.9. The Hall–Kier alpha value is -3.43. The maximum atomic E-state index is 14.3. The predicted octanol–water partition coefficient (Wildman–Crippen LogP) is 1.47. The number of benzene rings is 2. The largest absolute Gasteiger partial charge is 0.394 e. The molecule has 0 radical (unpaired) electrons. The molecule has 7 atom stereocenters. The molecule has 3 heterocycles. The van der Waals surface area contributed by atoms with Crippen LogP contribution in [-0.2, 0) is 19.0 Å². The highest BCUT2D eigenvalue weighted by Gasteiger charge is 2.52. The number of aliphatic hydroxyl groups is 3. The summed E-state index contributed by atoms with van der Waals surface area (Å²) in [4.78, 5) is 15.5. The second-order valence-electron chi connectivity index (χ2n) is 9.99. The van der Waals surface area contributed by atoms with Crippen molar-refractivity contribution in [2.45, 2.75) is 42.6 Å². The number of nitriles is 1. The molecule has 1 aromatic heterocycles. The summed E-state index contributed by atoms with van der Waals surface area (Å²) >= 11 is 3.33. The SMILES string of the molecule is COC1C(C(=O)N(c2cc(Br)cc(C#N)c2)[C@H]2COC[C@@H]2O)OC(CO)C(O)C1n1cc(-c2cc(F)c(F)c(F)c2)nn1. The van der Waals surface area contributed by atoms with Crippen molar-refractivity contribution in [2.75, 3.05) is 31.8 Å². The van der Waals surface area contributed by atoms with Crippen LogP contribution in [-0.4, -0.2) is 99.7 Å². The summed E-state index contributed by atoms with van der Waals surface area (Å²) in [6.45, 7) is -0.823. The van der Waals surface area contributed by atoms with Crippen molar-refractivity contribution in [1.29, 1.82) is 5.26 Å². The first-order chi connectivity index (χ1) is 20.6. The lowest BCUT2D eigenvalue weighted by Crippen LogP contribution is -2.63. The lowest BCUT2D eigenvalue weighted by molar-refractivity contribution is -0.211. The third-order valence-corrected chi connectivity index (χ3v) is 7.82. The first-order valence-electron chi connectivity index (χ1n) is 12.9. The number of anilines is 1. The van der Waals surface area contributed by atoms with Gasteiger partial charge in [-0.1, -0.05) is 21.1 Å². The molecule has 1 amide bonds. The Kier molecular flexibility index (Phi) is 9.13. The summed E-state index contributed by atoms with van der Waals surface area (Å²) in [5.41, 5.74) is 0.221. The maximum absolute atomic E-state index is 14.3. The average molecular weight is 668 g/mol. The van der Waals surface area contributed by atoms with Crippen LogP contribution >= 0.6 is 15.9 Å². The van der Waals surface area contributed by atoms with Gasteiger partial charge in [-0.25, -0.2) is 17.9 Å². The molecule has 16 heteroatoms. The van der Waals surface area contributed by atoms with E-state index in [2.05, 4.69) is 26.2 Å². The molecule has 0 bridgehead atoms. The number of amides is 1. The molecule has 0 aliphatic carbocycles. The molecular weight excluding hydrogens is 643 g/mol. The minimum Gasteiger partial charge on any atom is -0.394 e. The number of aromatic nitrogens is 3. The van der Waals surface area contributed by atoms with Gasteiger partial charge in [0.25, 0.3) is 5.91 Å². The van der Waals surface area contributed by atoms with Crippen LogP contribution in [0.25, 0.3) is 11.3 Å². The normalized spacial score (nSPS) is 27.2. The Morgan fingerprint density at radius 2 is 1.93 bits per heavy atom. The molecule has 43 heavy (non-hydrogen) atoms. The number of hydrogen-bond donors (Lipinski definition) is 3. The molecule has 2 aliphatic heterocycles. The highest BCUT2D eigenvalue weighted by atomic mass is 79.9. The van der Waals surface area contributed by atoms with E-state index < -0.39 is 72.6 Å². The van der Waals surface area contributed by atoms with Crippen molar-refractivity contribution in [3.63, 3.8) is 0 Å². The number of nitrogens with zero attached hydrogens (tertiary/aromatic N) is 5. The van der Waals surface area contributed by atoms with Gasteiger partial charge in [0.05, 0.1) is 43.7 Å². The highest BCUT2D eigenvalue weighted by molar-refractivity contribution is 9.10. The van der Waals surface area contributed by atoms with E-state index in [-0.39, 0.29) is 35.7 Å². The van der Waals surface area contributed by atoms with Crippen LogP contribution in [0, 0.1) is 28.8 Å². The third kappa shape index (κ3) is 5.89. The summed E-state index contributed by atoms with van der Waals surface area (Å²) in [6, 6.07) is 5.88. The van der Waals surface area contributed by atoms with Gasteiger partial charge in [0, 0.05) is 22.8 Å². The summed E-state index contributed by atoms with van der Waals surface area (Å²) in [5.74, 6) is -5.29. The Balaban J connectivity index is 1.55. The minimum atomic E-state index is -1.66. The van der Waals surface area contributed by atoms with Crippen molar-refractivity contribution >= 4 is 27.5 Å². The van der Waals surface area contributed by atoms with E-state index in [4.69, 9.17) is 14.2 Å². The topological polar surface area (TPSA) is 163 Å². The Morgan fingerprint density at radius 3 is 2.53 bits per heavy atom. The van der Waals surface area contributed by atoms with Crippen molar-refractivity contribution in [2.24, 2.45) is 0 Å². The minimum absolute atomic E-state index is 0.0433. The van der Waals surface area contributed by atoms with E-state index in [1.54, 1.807) is 6.07 Å². The van der Waals surface area contributed by atoms with Crippen LogP contribution in [0.4, 0.5) is 18.9 Å². The van der Waals surface area contributed by atoms with Gasteiger partial charge < -0.3 is 34.4 Å². The Morgan fingerprint density at radius 1 is 1.21 bits per heavy atom. The maximum Gasteiger partial charge on any atom is 0.259 e. The van der Waals surface area contributed by atoms with Crippen LogP contribution in [0.2, 0.25) is 0 Å². The summed E-state index contributed by atoms with van der Waals surface area (Å²) in [7, 11) is 1.25. The van der Waals surface area contributed by atoms with E-state index in [1.165, 1.54) is 30.3 Å². The number of aliphatic hydroxyl groups excluding tert-OH is 3. The fourth-order valence-corrected chi connectivity index (χ4v) is 5.77. The molecule has 5 rings (SSSR count). The molecule has 12 nitrogen and oxygen atoms in total. The molecule has 2 aliphatic rings. The fraction of sp³-hybridized carbons (Fsp3) is 0.407. The molecule has 0 saturated carbocycles. The average Bonchev–Trinajstić information content (AvgIpc) is 3.64. The molecule has 3 N–H and O–H groups in total. The van der Waals surface area contributed by atoms with E-state index in [1.807, 2.05) is 6.07 Å². The standard InChI is InChI=1S/C27H25BrF3N5O7/c1-41-25-23(35-8-18(33-34-35)13-4-16(29)22(31)17(30)5-13)24(39)21(9-37)43-26(25)27(40)36(19-10-42-11-20(19)38)15-3-12(7-32)2-14(28)6-15/h2-6,8,19-21,23-26,37-39H,9-11H2,1H3/t19-,20-,21?,23?,24?,25?,26?/m0/s1. The molecule has 228 valence electrons. The van der Waals surface area contributed by atoms with Crippen molar-refractivity contribution in [3.8, 4) is 17.3 Å². The van der Waals surface area contributed by atoms with Crippen molar-refractivity contribution in [1.82, 2.24) is 15.0 Å². The lowest BCUT2D eigenvalue weighted by Gasteiger charge is -2.45. The summed E-state index contributed by atoms with van der Waals surface area (Å²) in [6.07, 6.45) is -5.52. The Labute approximate surface area is 250 Å². The highest BCUT2D eigenvalue weighted by Crippen LogP contribution is 2.36. The van der Waals surface area contributed by atoms with Gasteiger partial charge in [0.1, 0.15) is 36.2 Å². The van der Waals surface area contributed by atoms with Gasteiger partial charge in [0.2, 0.25) is 0 Å². The van der Waals surface area contributed by atoms with Gasteiger partial charge >= 0.3 is 0 Å². The van der Waals surface area contributed by atoms with E-state index >= 15 is 0 Å². The molecule has 0 spiro atoms. The van der Waals surface area contributed by atoms with E-state index in [0.29, 0.717) is 4.47 Å². The number of rotatable bonds is 7. The number of carbonyl (C=O) groups is 1. The second kappa shape index (κ2) is 12.7. The van der Waals surface area contributed by atoms with E-state index in [9.17, 15) is 38.5 Å². The number of ether oxygens (including phenoxy) is 3. The van der Waals surface area contributed by atoms with Gasteiger partial charge in [-0.15, -0.1) is 5.10 Å². The zero-order valence-electron chi connectivity index (χ0n) is 22.3. The van der Waals surface area contributed by atoms with Gasteiger partial charge in [-0.05, 0) is 30.3 Å².